The van der Waals surface area contributed by atoms with Gasteiger partial charge >= 0.3 is 0 Å². The molecule has 13 rings (SSSR count). The summed E-state index contributed by atoms with van der Waals surface area (Å²) in [5.74, 6) is 0. The lowest BCUT2D eigenvalue weighted by Crippen LogP contribution is -1.98. The van der Waals surface area contributed by atoms with Crippen molar-refractivity contribution in [3.8, 4) is 44.5 Å². The van der Waals surface area contributed by atoms with E-state index in [1.807, 2.05) is 22.7 Å². The Morgan fingerprint density at radius 2 is 0.712 bits per heavy atom. The molecule has 0 N–H and O–H groups in total. The summed E-state index contributed by atoms with van der Waals surface area (Å²) in [6.07, 6.45) is 0. The van der Waals surface area contributed by atoms with Gasteiger partial charge in [0.25, 0.3) is 0 Å². The van der Waals surface area contributed by atoms with Crippen LogP contribution in [0.3, 0.4) is 0 Å². The Bertz CT molecular complexity index is 3300. The topological polar surface area (TPSA) is 26.3 Å². The molecule has 240 valence electrons. The molecule has 0 spiro atoms. The minimum absolute atomic E-state index is 0.904. The maximum atomic E-state index is 6.63. The molecule has 1 aliphatic carbocycles. The summed E-state index contributed by atoms with van der Waals surface area (Å²) in [5, 5.41) is 9.69. The average molecular weight is 697 g/mol. The quantitative estimate of drug-likeness (QED) is 0.158. The predicted octanol–water partition coefficient (Wildman–Crippen LogP) is 15.2. The maximum Gasteiger partial charge on any atom is 0.136 e. The van der Waals surface area contributed by atoms with Gasteiger partial charge in [-0.15, -0.1) is 22.7 Å². The van der Waals surface area contributed by atoms with Crippen LogP contribution in [0.2, 0.25) is 0 Å². The smallest absolute Gasteiger partial charge is 0.136 e. The zero-order valence-electron chi connectivity index (χ0n) is 27.5. The fourth-order valence-electron chi connectivity index (χ4n) is 8.96. The second kappa shape index (κ2) is 9.77. The van der Waals surface area contributed by atoms with Gasteiger partial charge in [0.15, 0.2) is 0 Å². The molecule has 4 heteroatoms. The second-order valence-electron chi connectivity index (χ2n) is 13.9. The number of rotatable bonds is 0. The minimum Gasteiger partial charge on any atom is -0.456 e. The molecule has 0 amide bonds. The van der Waals surface area contributed by atoms with Gasteiger partial charge in [-0.25, -0.2) is 0 Å². The van der Waals surface area contributed by atoms with E-state index in [4.69, 9.17) is 8.83 Å². The number of hydrogen-bond donors (Lipinski definition) is 0. The normalized spacial score (nSPS) is 12.6. The summed E-state index contributed by atoms with van der Waals surface area (Å²) in [5.41, 5.74) is 13.4. The monoisotopic (exact) mass is 696 g/mol. The van der Waals surface area contributed by atoms with Crippen molar-refractivity contribution >= 4 is 107 Å². The number of hydrogen-bond acceptors (Lipinski definition) is 4. The molecule has 12 aromatic rings. The summed E-state index contributed by atoms with van der Waals surface area (Å²) in [6, 6.07) is 53.3. The van der Waals surface area contributed by atoms with E-state index in [-0.39, 0.29) is 0 Å². The van der Waals surface area contributed by atoms with E-state index in [2.05, 4.69) is 146 Å². The zero-order valence-corrected chi connectivity index (χ0v) is 29.1. The van der Waals surface area contributed by atoms with Crippen LogP contribution in [0.5, 0.6) is 0 Å². The summed E-state index contributed by atoms with van der Waals surface area (Å²) in [7, 11) is 0. The van der Waals surface area contributed by atoms with E-state index >= 15 is 0 Å². The lowest BCUT2D eigenvalue weighted by Gasteiger charge is -2.24. The highest BCUT2D eigenvalue weighted by Crippen LogP contribution is 2.57. The van der Waals surface area contributed by atoms with Gasteiger partial charge in [-0.1, -0.05) is 97.1 Å². The molecule has 0 aliphatic heterocycles. The third-order valence-corrected chi connectivity index (χ3v) is 13.7. The van der Waals surface area contributed by atoms with Gasteiger partial charge in [0.2, 0.25) is 0 Å². The minimum atomic E-state index is 0.904. The van der Waals surface area contributed by atoms with E-state index in [1.54, 1.807) is 0 Å². The van der Waals surface area contributed by atoms with Crippen LogP contribution in [0.4, 0.5) is 0 Å². The highest BCUT2D eigenvalue weighted by molar-refractivity contribution is 7.27. The molecule has 8 aromatic carbocycles. The third kappa shape index (κ3) is 3.48. The van der Waals surface area contributed by atoms with Crippen molar-refractivity contribution in [3.63, 3.8) is 0 Å². The first kappa shape index (κ1) is 27.5. The Labute approximate surface area is 304 Å². The lowest BCUT2D eigenvalue weighted by atomic mass is 9.79. The van der Waals surface area contributed by atoms with Crippen LogP contribution in [0, 0.1) is 0 Å². The van der Waals surface area contributed by atoms with Gasteiger partial charge in [0.1, 0.15) is 22.3 Å². The predicted molar refractivity (Wildman–Crippen MR) is 222 cm³/mol. The van der Waals surface area contributed by atoms with Crippen molar-refractivity contribution in [2.45, 2.75) is 0 Å². The van der Waals surface area contributed by atoms with Crippen LogP contribution < -0.4 is 0 Å². The van der Waals surface area contributed by atoms with Crippen LogP contribution >= 0.6 is 22.7 Å². The largest absolute Gasteiger partial charge is 0.456 e. The molecule has 0 saturated heterocycles. The highest BCUT2D eigenvalue weighted by Gasteiger charge is 2.29. The number of benzene rings is 8. The Balaban J connectivity index is 1.30. The Kier molecular flexibility index (Phi) is 5.17. The van der Waals surface area contributed by atoms with Crippen molar-refractivity contribution in [3.05, 3.63) is 146 Å². The fourth-order valence-corrected chi connectivity index (χ4v) is 11.5. The molecule has 4 heterocycles. The van der Waals surface area contributed by atoms with Crippen LogP contribution in [-0.2, 0) is 0 Å². The average Bonchev–Trinajstić information content (AvgIpc) is 3.95. The first-order valence-corrected chi connectivity index (χ1v) is 19.2. The van der Waals surface area contributed by atoms with E-state index < -0.39 is 0 Å². The van der Waals surface area contributed by atoms with Crippen molar-refractivity contribution in [2.24, 2.45) is 0 Å². The van der Waals surface area contributed by atoms with Gasteiger partial charge in [-0.05, 0) is 81.9 Å². The SMILES string of the molecule is c1ccc2c(c1)oc1cc3c(cc12)-c1cc2c(cc1-c1c(ccc4c1sc1ccccc14)-c1ccc4c(sc5ccccc54)c1-3)oc1ccccc12. The first-order chi connectivity index (χ1) is 25.8. The fraction of sp³-hybridized carbons (Fsp3) is 0. The lowest BCUT2D eigenvalue weighted by molar-refractivity contribution is 0.668. The van der Waals surface area contributed by atoms with Gasteiger partial charge < -0.3 is 8.83 Å². The van der Waals surface area contributed by atoms with E-state index in [1.165, 1.54) is 84.9 Å². The molecule has 0 unspecified atom stereocenters. The van der Waals surface area contributed by atoms with Crippen molar-refractivity contribution in [1.82, 2.24) is 0 Å². The molecule has 0 bridgehead atoms. The van der Waals surface area contributed by atoms with Crippen molar-refractivity contribution in [2.75, 3.05) is 0 Å². The molecule has 0 fully saturated rings. The van der Waals surface area contributed by atoms with Gasteiger partial charge in [0.05, 0.1) is 0 Å². The molecule has 1 aliphatic rings. The molecule has 0 saturated carbocycles. The summed E-state index contributed by atoms with van der Waals surface area (Å²) in [6.45, 7) is 0. The van der Waals surface area contributed by atoms with Crippen LogP contribution in [0.15, 0.2) is 154 Å². The standard InChI is InChI=1S/C48H24O2S2/c1-5-13-39-25(9-1)35-21-33-34-22-36-26-10-2-6-14-40(26)50-42(36)24-38(34)46-30(18-20-32-28-12-4-8-16-44(28)52-48(32)46)29-17-19-31-27-11-3-7-15-43(27)51-47(31)45(29)37(33)23-41(35)49-39/h1-24H. The van der Waals surface area contributed by atoms with Gasteiger partial charge in [0, 0.05) is 73.0 Å². The van der Waals surface area contributed by atoms with Crippen LogP contribution in [0.1, 0.15) is 0 Å². The first-order valence-electron chi connectivity index (χ1n) is 17.6. The van der Waals surface area contributed by atoms with E-state index in [0.29, 0.717) is 0 Å². The summed E-state index contributed by atoms with van der Waals surface area (Å²) in [4.78, 5) is 0. The maximum absolute atomic E-state index is 6.63. The van der Waals surface area contributed by atoms with Gasteiger partial charge in [-0.2, -0.15) is 0 Å². The summed E-state index contributed by atoms with van der Waals surface area (Å²) >= 11 is 3.79. The van der Waals surface area contributed by atoms with E-state index in [9.17, 15) is 0 Å². The molecule has 4 aromatic heterocycles. The van der Waals surface area contributed by atoms with Crippen molar-refractivity contribution in [1.29, 1.82) is 0 Å². The third-order valence-electron chi connectivity index (χ3n) is 11.2. The molecular weight excluding hydrogens is 673 g/mol. The number of thiophene rings is 2. The van der Waals surface area contributed by atoms with E-state index in [0.717, 1.165) is 43.9 Å². The van der Waals surface area contributed by atoms with Crippen LogP contribution in [0.25, 0.3) is 129 Å². The zero-order chi connectivity index (χ0) is 33.7. The Morgan fingerprint density at radius 3 is 1.19 bits per heavy atom. The molecule has 2 nitrogen and oxygen atoms in total. The molecular formula is C48H24O2S2. The summed E-state index contributed by atoms with van der Waals surface area (Å²) < 4.78 is 18.5. The molecule has 52 heavy (non-hydrogen) atoms. The molecule has 0 atom stereocenters. The Hall–Kier alpha value is -6.20. The number of para-hydroxylation sites is 2. The molecule has 0 radical (unpaired) electrons. The number of fused-ring (bicyclic) bond motifs is 22. The van der Waals surface area contributed by atoms with Crippen molar-refractivity contribution < 1.29 is 8.83 Å². The van der Waals surface area contributed by atoms with Gasteiger partial charge in [-0.3, -0.25) is 0 Å². The Morgan fingerprint density at radius 1 is 0.288 bits per heavy atom. The highest BCUT2D eigenvalue weighted by atomic mass is 32.1. The second-order valence-corrected chi connectivity index (χ2v) is 16.0. The number of furan rings is 2. The van der Waals surface area contributed by atoms with Crippen LogP contribution in [-0.4, -0.2) is 0 Å².